The first-order valence-corrected chi connectivity index (χ1v) is 11.0. The molecule has 0 unspecified atom stereocenters. The lowest BCUT2D eigenvalue weighted by Crippen LogP contribution is -2.43. The molecule has 0 bridgehead atoms. The zero-order valence-electron chi connectivity index (χ0n) is 20.5. The Bertz CT molecular complexity index is 1060. The van der Waals surface area contributed by atoms with Gasteiger partial charge < -0.3 is 29.4 Å². The van der Waals surface area contributed by atoms with Gasteiger partial charge in [-0.2, -0.15) is 0 Å². The molecule has 0 saturated carbocycles. The molecule has 2 aliphatic rings. The van der Waals surface area contributed by atoms with Gasteiger partial charge in [-0.25, -0.2) is 4.79 Å². The monoisotopic (exact) mass is 473 g/mol. The molecular weight excluding hydrogens is 442 g/mol. The smallest absolute Gasteiger partial charge is 0.337 e. The van der Waals surface area contributed by atoms with Gasteiger partial charge in [0.05, 0.1) is 33.0 Å². The van der Waals surface area contributed by atoms with Crippen molar-refractivity contribution in [3.63, 3.8) is 0 Å². The summed E-state index contributed by atoms with van der Waals surface area (Å²) in [7, 11) is 4.02. The molecule has 1 aliphatic heterocycles. The summed E-state index contributed by atoms with van der Waals surface area (Å²) in [4.78, 5) is 39.5. The fourth-order valence-electron chi connectivity index (χ4n) is 4.64. The van der Waals surface area contributed by atoms with Crippen LogP contribution < -0.4 is 14.8 Å². The Balaban J connectivity index is 2.28. The number of Topliss-reactive ketones (excluding diaryl/α,β-unsaturated/α-hetero) is 1. The van der Waals surface area contributed by atoms with Crippen LogP contribution in [0.1, 0.15) is 45.6 Å². The Morgan fingerprint density at radius 3 is 2.21 bits per heavy atom. The maximum Gasteiger partial charge on any atom is 0.337 e. The van der Waals surface area contributed by atoms with Gasteiger partial charge >= 0.3 is 11.9 Å². The molecule has 184 valence electrons. The van der Waals surface area contributed by atoms with Crippen LogP contribution in [0.3, 0.4) is 0 Å². The molecule has 1 aliphatic carbocycles. The maximum absolute atomic E-state index is 13.7. The Labute approximate surface area is 198 Å². The van der Waals surface area contributed by atoms with Gasteiger partial charge in [0, 0.05) is 22.9 Å². The van der Waals surface area contributed by atoms with E-state index >= 15 is 0 Å². The molecule has 0 fully saturated rings. The second-order valence-electron chi connectivity index (χ2n) is 8.76. The van der Waals surface area contributed by atoms with Crippen LogP contribution in [0.4, 0.5) is 0 Å². The number of carbonyl (C=O) groups excluding carboxylic acids is 3. The lowest BCUT2D eigenvalue weighted by atomic mass is 9.69. The second-order valence-corrected chi connectivity index (χ2v) is 8.76. The molecule has 0 amide bonds. The minimum absolute atomic E-state index is 0.116. The van der Waals surface area contributed by atoms with Crippen LogP contribution in [-0.2, 0) is 23.9 Å². The largest absolute Gasteiger partial charge is 0.502 e. The predicted octanol–water partition coefficient (Wildman–Crippen LogP) is 2.97. The quantitative estimate of drug-likeness (QED) is 0.474. The van der Waals surface area contributed by atoms with Crippen molar-refractivity contribution in [1.82, 2.24) is 5.32 Å². The summed E-state index contributed by atoms with van der Waals surface area (Å²) in [5.74, 6) is -3.80. The number of benzene rings is 1. The summed E-state index contributed by atoms with van der Waals surface area (Å²) in [6.07, 6.45) is 0.0192. The van der Waals surface area contributed by atoms with E-state index in [9.17, 15) is 19.5 Å². The molecule has 3 rings (SSSR count). The fraction of sp³-hybridized carbons (Fsp3) is 0.480. The van der Waals surface area contributed by atoms with Gasteiger partial charge in [-0.1, -0.05) is 6.92 Å². The van der Waals surface area contributed by atoms with E-state index in [0.29, 0.717) is 23.4 Å². The van der Waals surface area contributed by atoms with Crippen LogP contribution >= 0.6 is 0 Å². The van der Waals surface area contributed by atoms with E-state index in [4.69, 9.17) is 18.9 Å². The van der Waals surface area contributed by atoms with Crippen LogP contribution in [0.5, 0.6) is 17.2 Å². The topological polar surface area (TPSA) is 120 Å². The molecule has 0 radical (unpaired) electrons. The molecule has 0 spiro atoms. The van der Waals surface area contributed by atoms with Crippen LogP contribution in [0, 0.1) is 11.8 Å². The fourth-order valence-corrected chi connectivity index (χ4v) is 4.64. The second kappa shape index (κ2) is 9.79. The number of methoxy groups -OCH3 is 3. The molecule has 9 nitrogen and oxygen atoms in total. The summed E-state index contributed by atoms with van der Waals surface area (Å²) in [5, 5.41) is 13.6. The Morgan fingerprint density at radius 2 is 1.71 bits per heavy atom. The van der Waals surface area contributed by atoms with Crippen molar-refractivity contribution in [3.8, 4) is 17.2 Å². The number of phenols is 1. The average Bonchev–Trinajstić information content (AvgIpc) is 2.77. The molecule has 1 aromatic carbocycles. The molecule has 0 saturated heterocycles. The average molecular weight is 474 g/mol. The number of aromatic hydroxyl groups is 1. The van der Waals surface area contributed by atoms with Gasteiger partial charge in [-0.15, -0.1) is 0 Å². The van der Waals surface area contributed by atoms with Crippen molar-refractivity contribution in [2.75, 3.05) is 21.3 Å². The third-order valence-electron chi connectivity index (χ3n) is 6.14. The predicted molar refractivity (Wildman–Crippen MR) is 122 cm³/mol. The van der Waals surface area contributed by atoms with Crippen molar-refractivity contribution in [2.24, 2.45) is 11.8 Å². The number of ketones is 1. The number of hydrogen-bond donors (Lipinski definition) is 2. The van der Waals surface area contributed by atoms with Gasteiger partial charge in [0.2, 0.25) is 5.75 Å². The van der Waals surface area contributed by atoms with E-state index in [1.807, 2.05) is 6.92 Å². The van der Waals surface area contributed by atoms with E-state index in [1.54, 1.807) is 32.9 Å². The van der Waals surface area contributed by atoms with Crippen molar-refractivity contribution < 1.29 is 38.4 Å². The molecular formula is C25H31NO8. The van der Waals surface area contributed by atoms with Crippen LogP contribution in [0.2, 0.25) is 0 Å². The molecule has 1 aromatic rings. The summed E-state index contributed by atoms with van der Waals surface area (Å²) in [6.45, 7) is 7.02. The molecule has 0 aromatic heterocycles. The Hall–Kier alpha value is -3.49. The summed E-state index contributed by atoms with van der Waals surface area (Å²) in [6, 6.07) is 3.10. The van der Waals surface area contributed by atoms with Crippen molar-refractivity contribution >= 4 is 17.7 Å². The lowest BCUT2D eigenvalue weighted by molar-refractivity contribution is -0.151. The minimum atomic E-state index is -1.00. The molecule has 1 heterocycles. The van der Waals surface area contributed by atoms with Gasteiger partial charge in [-0.05, 0) is 50.8 Å². The van der Waals surface area contributed by atoms with E-state index < -0.39 is 35.7 Å². The van der Waals surface area contributed by atoms with E-state index in [2.05, 4.69) is 5.32 Å². The molecule has 3 atom stereocenters. The van der Waals surface area contributed by atoms with Crippen molar-refractivity contribution in [3.05, 3.63) is 40.2 Å². The van der Waals surface area contributed by atoms with Gasteiger partial charge in [0.1, 0.15) is 5.92 Å². The third kappa shape index (κ3) is 4.34. The number of hydrogen-bond acceptors (Lipinski definition) is 9. The first-order chi connectivity index (χ1) is 16.0. The van der Waals surface area contributed by atoms with E-state index in [-0.39, 0.29) is 34.3 Å². The van der Waals surface area contributed by atoms with Crippen molar-refractivity contribution in [1.29, 1.82) is 0 Å². The lowest BCUT2D eigenvalue weighted by Gasteiger charge is -2.38. The van der Waals surface area contributed by atoms with Gasteiger partial charge in [0.25, 0.3) is 0 Å². The highest BCUT2D eigenvalue weighted by Crippen LogP contribution is 2.48. The zero-order valence-corrected chi connectivity index (χ0v) is 20.5. The summed E-state index contributed by atoms with van der Waals surface area (Å²) in [5.41, 5.74) is 2.16. The standard InChI is InChI=1S/C25H31NO8/c1-11(2)34-25(30)19-13(4)26-15-8-12(3)18(24(29)33-7)23(28)21(15)20(19)14-9-16(31-5)22(27)17(10-14)32-6/h9-12,18,20,26-27H,8H2,1-7H3/t12-,18+,20-/m1/s1. The number of allylic oxidation sites excluding steroid dienone is 3. The highest BCUT2D eigenvalue weighted by Gasteiger charge is 2.47. The van der Waals surface area contributed by atoms with Crippen LogP contribution in [-0.4, -0.2) is 50.3 Å². The molecule has 34 heavy (non-hydrogen) atoms. The highest BCUT2D eigenvalue weighted by molar-refractivity contribution is 6.12. The SMILES string of the molecule is COC(=O)[C@@H]1C(=O)C2=C(C[C@H]1C)NC(C)=C(C(=O)OC(C)C)[C@H]2c1cc(OC)c(O)c(OC)c1. The Kier molecular flexibility index (Phi) is 7.24. The highest BCUT2D eigenvalue weighted by atomic mass is 16.5. The zero-order chi connectivity index (χ0) is 25.3. The maximum atomic E-state index is 13.7. The summed E-state index contributed by atoms with van der Waals surface area (Å²) >= 11 is 0. The van der Waals surface area contributed by atoms with Crippen LogP contribution in [0.15, 0.2) is 34.7 Å². The minimum Gasteiger partial charge on any atom is -0.502 e. The first-order valence-electron chi connectivity index (χ1n) is 11.0. The Morgan fingerprint density at radius 1 is 1.12 bits per heavy atom. The number of carbonyl (C=O) groups is 3. The number of rotatable bonds is 6. The molecule has 2 N–H and O–H groups in total. The number of nitrogens with one attached hydrogen (secondary N) is 1. The van der Waals surface area contributed by atoms with E-state index in [1.165, 1.54) is 21.3 Å². The normalized spacial score (nSPS) is 22.2. The first kappa shape index (κ1) is 25.1. The van der Waals surface area contributed by atoms with E-state index in [0.717, 1.165) is 0 Å². The third-order valence-corrected chi connectivity index (χ3v) is 6.14. The van der Waals surface area contributed by atoms with Crippen molar-refractivity contribution in [2.45, 2.75) is 46.1 Å². The van der Waals surface area contributed by atoms with Gasteiger partial charge in [-0.3, -0.25) is 9.59 Å². The molecule has 9 heteroatoms. The van der Waals surface area contributed by atoms with Crippen LogP contribution in [0.25, 0.3) is 0 Å². The van der Waals surface area contributed by atoms with Gasteiger partial charge in [0.15, 0.2) is 17.3 Å². The summed E-state index contributed by atoms with van der Waals surface area (Å²) < 4.78 is 21.0. The number of dihydropyridines is 1. The number of esters is 2. The number of ether oxygens (including phenoxy) is 4. The number of phenolic OH excluding ortho intramolecular Hbond substituents is 1.